The Labute approximate surface area is 191 Å². The first-order valence-electron chi connectivity index (χ1n) is 10.0. The number of Topliss-reactive ketones (excluding diaryl/α,β-unsaturated/α-hetero) is 1. The number of benzene rings is 3. The highest BCUT2D eigenvalue weighted by atomic mass is 32.1. The normalized spacial score (nSPS) is 17.8. The van der Waals surface area contributed by atoms with E-state index in [0.29, 0.717) is 21.3 Å². The molecule has 1 aliphatic rings. The summed E-state index contributed by atoms with van der Waals surface area (Å²) in [6, 6.07) is 15.2. The van der Waals surface area contributed by atoms with E-state index in [1.54, 1.807) is 24.3 Å². The molecule has 1 saturated heterocycles. The van der Waals surface area contributed by atoms with E-state index >= 15 is 0 Å². The highest BCUT2D eigenvalue weighted by Crippen LogP contribution is 2.44. The maximum Gasteiger partial charge on any atom is 0.301 e. The molecule has 1 aromatic heterocycles. The Hall–Kier alpha value is -3.91. The van der Waals surface area contributed by atoms with Crippen LogP contribution in [0.4, 0.5) is 13.9 Å². The van der Waals surface area contributed by atoms with Gasteiger partial charge in [-0.15, -0.1) is 0 Å². The lowest BCUT2D eigenvalue weighted by molar-refractivity contribution is -0.132. The van der Waals surface area contributed by atoms with Gasteiger partial charge in [0.15, 0.2) is 5.13 Å². The number of rotatable bonds is 3. The van der Waals surface area contributed by atoms with Gasteiger partial charge in [0.2, 0.25) is 0 Å². The molecule has 1 amide bonds. The number of aliphatic hydroxyl groups excluding tert-OH is 1. The van der Waals surface area contributed by atoms with Crippen LogP contribution in [-0.4, -0.2) is 21.8 Å². The minimum Gasteiger partial charge on any atom is -0.507 e. The predicted octanol–water partition coefficient (Wildman–Crippen LogP) is 5.51. The zero-order chi connectivity index (χ0) is 23.3. The molecule has 3 aromatic carbocycles. The molecular weight excluding hydrogens is 446 g/mol. The van der Waals surface area contributed by atoms with E-state index in [9.17, 15) is 23.5 Å². The Morgan fingerprint density at radius 1 is 0.970 bits per heavy atom. The van der Waals surface area contributed by atoms with E-state index in [1.165, 1.54) is 47.4 Å². The van der Waals surface area contributed by atoms with Gasteiger partial charge < -0.3 is 5.11 Å². The fourth-order valence-electron chi connectivity index (χ4n) is 3.85. The van der Waals surface area contributed by atoms with Crippen molar-refractivity contribution >= 4 is 44.1 Å². The monoisotopic (exact) mass is 462 g/mol. The molecule has 0 saturated carbocycles. The second kappa shape index (κ2) is 7.90. The number of thiazole rings is 1. The van der Waals surface area contributed by atoms with Crippen LogP contribution in [0.2, 0.25) is 0 Å². The van der Waals surface area contributed by atoms with Crippen molar-refractivity contribution in [2.45, 2.75) is 13.0 Å². The largest absolute Gasteiger partial charge is 0.507 e. The fourth-order valence-corrected chi connectivity index (χ4v) is 4.86. The maximum absolute atomic E-state index is 13.7. The number of aromatic nitrogens is 1. The van der Waals surface area contributed by atoms with E-state index in [2.05, 4.69) is 4.98 Å². The standard InChI is InChI=1S/C25H16F2N2O3S/c1-13-2-4-15(5-3-13)22(30)20-21(14-6-8-16(26)9-7-14)29(24(32)23(20)31)25-28-18-11-10-17(27)12-19(18)33-25/h2-12,21,30H,1H3/b22-20+/t21-/m0/s1. The van der Waals surface area contributed by atoms with Crippen LogP contribution in [-0.2, 0) is 9.59 Å². The smallest absolute Gasteiger partial charge is 0.301 e. The van der Waals surface area contributed by atoms with Crippen molar-refractivity contribution in [2.75, 3.05) is 4.90 Å². The number of aliphatic hydroxyl groups is 1. The minimum atomic E-state index is -1.03. The number of aryl methyl sites for hydroxylation is 1. The first-order chi connectivity index (χ1) is 15.8. The first kappa shape index (κ1) is 21.0. The van der Waals surface area contributed by atoms with Gasteiger partial charge in [-0.2, -0.15) is 0 Å². The molecule has 1 fully saturated rings. The van der Waals surface area contributed by atoms with Crippen LogP contribution in [0.5, 0.6) is 0 Å². The number of fused-ring (bicyclic) bond motifs is 1. The van der Waals surface area contributed by atoms with Crippen LogP contribution in [0.1, 0.15) is 22.7 Å². The molecule has 0 unspecified atom stereocenters. The second-order valence-corrected chi connectivity index (χ2v) is 8.70. The predicted molar refractivity (Wildman–Crippen MR) is 122 cm³/mol. The molecule has 5 nitrogen and oxygen atoms in total. The van der Waals surface area contributed by atoms with Gasteiger partial charge in [-0.1, -0.05) is 53.3 Å². The number of amides is 1. The summed E-state index contributed by atoms with van der Waals surface area (Å²) in [7, 11) is 0. The number of carbonyl (C=O) groups is 2. The Balaban J connectivity index is 1.73. The number of hydrogen-bond acceptors (Lipinski definition) is 5. The SMILES string of the molecule is Cc1ccc(/C(O)=C2\C(=O)C(=O)N(c3nc4ccc(F)cc4s3)[C@H]2c2ccc(F)cc2)cc1. The zero-order valence-corrected chi connectivity index (χ0v) is 18.1. The van der Waals surface area contributed by atoms with Crippen molar-refractivity contribution in [1.29, 1.82) is 0 Å². The molecule has 8 heteroatoms. The van der Waals surface area contributed by atoms with Gasteiger partial charge in [0.05, 0.1) is 21.8 Å². The molecule has 0 bridgehead atoms. The molecule has 1 aliphatic heterocycles. The Bertz CT molecular complexity index is 1440. The Morgan fingerprint density at radius 2 is 1.64 bits per heavy atom. The highest BCUT2D eigenvalue weighted by Gasteiger charge is 2.48. The minimum absolute atomic E-state index is 0.124. The second-order valence-electron chi connectivity index (χ2n) is 7.70. The lowest BCUT2D eigenvalue weighted by Gasteiger charge is -2.23. The van der Waals surface area contributed by atoms with Crippen LogP contribution < -0.4 is 4.90 Å². The Kier molecular flexibility index (Phi) is 5.02. The van der Waals surface area contributed by atoms with Gasteiger partial charge in [-0.3, -0.25) is 14.5 Å². The first-order valence-corrected chi connectivity index (χ1v) is 10.8. The molecule has 0 radical (unpaired) electrons. The quantitative estimate of drug-likeness (QED) is 0.248. The molecular formula is C25H16F2N2O3S. The number of halogens is 2. The number of carbonyl (C=O) groups excluding carboxylic acids is 2. The number of hydrogen-bond donors (Lipinski definition) is 1. The highest BCUT2D eigenvalue weighted by molar-refractivity contribution is 7.22. The summed E-state index contributed by atoms with van der Waals surface area (Å²) in [5, 5.41) is 11.2. The van der Waals surface area contributed by atoms with E-state index < -0.39 is 29.4 Å². The summed E-state index contributed by atoms with van der Waals surface area (Å²) in [6.07, 6.45) is 0. The van der Waals surface area contributed by atoms with Gasteiger partial charge in [0, 0.05) is 5.56 Å². The fraction of sp³-hybridized carbons (Fsp3) is 0.0800. The summed E-state index contributed by atoms with van der Waals surface area (Å²) in [5.74, 6) is -3.03. The van der Waals surface area contributed by atoms with E-state index in [4.69, 9.17) is 0 Å². The average Bonchev–Trinajstić information content (AvgIpc) is 3.32. The summed E-state index contributed by atoms with van der Waals surface area (Å²) in [6.45, 7) is 1.89. The molecule has 1 N–H and O–H groups in total. The Morgan fingerprint density at radius 3 is 2.33 bits per heavy atom. The summed E-state index contributed by atoms with van der Waals surface area (Å²) in [5.41, 5.74) is 2.10. The van der Waals surface area contributed by atoms with Gasteiger partial charge >= 0.3 is 5.91 Å². The number of nitrogens with zero attached hydrogens (tertiary/aromatic N) is 2. The topological polar surface area (TPSA) is 70.5 Å². The van der Waals surface area contributed by atoms with Gasteiger partial charge in [0.25, 0.3) is 5.78 Å². The molecule has 5 rings (SSSR count). The number of ketones is 1. The van der Waals surface area contributed by atoms with Crippen molar-refractivity contribution in [3.05, 3.63) is 101 Å². The molecule has 164 valence electrons. The van der Waals surface area contributed by atoms with Crippen molar-refractivity contribution in [3.8, 4) is 0 Å². The van der Waals surface area contributed by atoms with E-state index in [0.717, 1.165) is 16.9 Å². The molecule has 0 spiro atoms. The van der Waals surface area contributed by atoms with E-state index in [1.807, 2.05) is 6.92 Å². The van der Waals surface area contributed by atoms with Gasteiger partial charge in [-0.25, -0.2) is 13.8 Å². The van der Waals surface area contributed by atoms with Crippen LogP contribution in [0.25, 0.3) is 16.0 Å². The van der Waals surface area contributed by atoms with Crippen molar-refractivity contribution < 1.29 is 23.5 Å². The lowest BCUT2D eigenvalue weighted by atomic mass is 9.95. The average molecular weight is 462 g/mol. The summed E-state index contributed by atoms with van der Waals surface area (Å²) in [4.78, 5) is 31.9. The third-order valence-electron chi connectivity index (χ3n) is 5.50. The van der Waals surface area contributed by atoms with Crippen LogP contribution in [0.3, 0.4) is 0 Å². The summed E-state index contributed by atoms with van der Waals surface area (Å²) >= 11 is 1.05. The maximum atomic E-state index is 13.7. The molecule has 1 atom stereocenters. The van der Waals surface area contributed by atoms with Crippen LogP contribution >= 0.6 is 11.3 Å². The van der Waals surface area contributed by atoms with Crippen molar-refractivity contribution in [3.63, 3.8) is 0 Å². The molecule has 0 aliphatic carbocycles. The van der Waals surface area contributed by atoms with Gasteiger partial charge in [0.1, 0.15) is 17.4 Å². The third kappa shape index (κ3) is 3.58. The van der Waals surface area contributed by atoms with E-state index in [-0.39, 0.29) is 16.5 Å². The van der Waals surface area contributed by atoms with Crippen molar-refractivity contribution in [1.82, 2.24) is 4.98 Å². The zero-order valence-electron chi connectivity index (χ0n) is 17.3. The molecule has 33 heavy (non-hydrogen) atoms. The summed E-state index contributed by atoms with van der Waals surface area (Å²) < 4.78 is 27.8. The molecule has 2 heterocycles. The van der Waals surface area contributed by atoms with Gasteiger partial charge in [-0.05, 0) is 42.8 Å². The molecule has 4 aromatic rings. The third-order valence-corrected chi connectivity index (χ3v) is 6.52. The number of anilines is 1. The van der Waals surface area contributed by atoms with Crippen LogP contribution in [0, 0.1) is 18.6 Å². The lowest BCUT2D eigenvalue weighted by Crippen LogP contribution is -2.29. The van der Waals surface area contributed by atoms with Crippen molar-refractivity contribution in [2.24, 2.45) is 0 Å². The van der Waals surface area contributed by atoms with Crippen LogP contribution in [0.15, 0.2) is 72.3 Å².